The first-order chi connectivity index (χ1) is 7.50. The Labute approximate surface area is 98.6 Å². The largest absolute Gasteiger partial charge is 0.481 e. The Kier molecular flexibility index (Phi) is 4.78. The summed E-state index contributed by atoms with van der Waals surface area (Å²) in [5.41, 5.74) is -0.167. The molecular formula is C13H25NO2. The molecule has 1 aliphatic rings. The first-order valence-electron chi connectivity index (χ1n) is 6.47. The zero-order valence-corrected chi connectivity index (χ0v) is 10.8. The zero-order chi connectivity index (χ0) is 12.2. The third-order valence-electron chi connectivity index (χ3n) is 3.94. The number of rotatable bonds is 5. The summed E-state index contributed by atoms with van der Waals surface area (Å²) in [5.74, 6) is 0.427. The molecule has 0 heterocycles. The van der Waals surface area contributed by atoms with Crippen molar-refractivity contribution in [1.29, 1.82) is 0 Å². The lowest BCUT2D eigenvalue weighted by Gasteiger charge is -2.45. The van der Waals surface area contributed by atoms with Gasteiger partial charge in [-0.15, -0.1) is 0 Å². The molecule has 0 saturated heterocycles. The molecule has 1 fully saturated rings. The fourth-order valence-electron chi connectivity index (χ4n) is 2.93. The standard InChI is InChI=1S/C13H25NO2/c1-4-7-14-13(9-12(15)16)8-10(2)5-6-11(13)3/h10-11,14H,4-9H2,1-3H3,(H,15,16). The average molecular weight is 227 g/mol. The van der Waals surface area contributed by atoms with E-state index in [1.807, 2.05) is 0 Å². The fourth-order valence-corrected chi connectivity index (χ4v) is 2.93. The van der Waals surface area contributed by atoms with Crippen LogP contribution in [0.1, 0.15) is 52.9 Å². The molecule has 0 aliphatic heterocycles. The Balaban J connectivity index is 2.76. The lowest BCUT2D eigenvalue weighted by atomic mass is 9.68. The van der Waals surface area contributed by atoms with E-state index in [4.69, 9.17) is 5.11 Å². The maximum Gasteiger partial charge on any atom is 0.305 e. The third kappa shape index (κ3) is 3.21. The number of carboxylic acid groups (broad SMARTS) is 1. The lowest BCUT2D eigenvalue weighted by Crippen LogP contribution is -2.55. The second-order valence-corrected chi connectivity index (χ2v) is 5.44. The van der Waals surface area contributed by atoms with E-state index < -0.39 is 5.97 Å². The van der Waals surface area contributed by atoms with E-state index in [2.05, 4.69) is 26.1 Å². The Morgan fingerprint density at radius 3 is 2.69 bits per heavy atom. The van der Waals surface area contributed by atoms with Gasteiger partial charge in [-0.05, 0) is 37.6 Å². The van der Waals surface area contributed by atoms with E-state index in [1.54, 1.807) is 0 Å². The van der Waals surface area contributed by atoms with Crippen molar-refractivity contribution in [3.05, 3.63) is 0 Å². The molecule has 3 atom stereocenters. The van der Waals surface area contributed by atoms with Gasteiger partial charge in [0.05, 0.1) is 6.42 Å². The predicted octanol–water partition coefficient (Wildman–Crippen LogP) is 2.66. The van der Waals surface area contributed by atoms with Gasteiger partial charge in [0.2, 0.25) is 0 Å². The van der Waals surface area contributed by atoms with Crippen molar-refractivity contribution >= 4 is 5.97 Å². The number of carboxylic acids is 1. The monoisotopic (exact) mass is 227 g/mol. The van der Waals surface area contributed by atoms with Gasteiger partial charge in [0.1, 0.15) is 0 Å². The van der Waals surface area contributed by atoms with Crippen LogP contribution in [0.15, 0.2) is 0 Å². The summed E-state index contributed by atoms with van der Waals surface area (Å²) < 4.78 is 0. The molecule has 0 aromatic heterocycles. The van der Waals surface area contributed by atoms with E-state index in [0.29, 0.717) is 11.8 Å². The molecule has 0 amide bonds. The highest BCUT2D eigenvalue weighted by Gasteiger charge is 2.41. The van der Waals surface area contributed by atoms with Gasteiger partial charge in [-0.3, -0.25) is 4.79 Å². The minimum Gasteiger partial charge on any atom is -0.481 e. The van der Waals surface area contributed by atoms with Crippen LogP contribution in [-0.2, 0) is 4.79 Å². The first kappa shape index (κ1) is 13.5. The second-order valence-electron chi connectivity index (χ2n) is 5.44. The highest BCUT2D eigenvalue weighted by Crippen LogP contribution is 2.39. The van der Waals surface area contributed by atoms with Crippen LogP contribution in [0.2, 0.25) is 0 Å². The van der Waals surface area contributed by atoms with Crippen molar-refractivity contribution in [3.8, 4) is 0 Å². The highest BCUT2D eigenvalue weighted by atomic mass is 16.4. The van der Waals surface area contributed by atoms with Gasteiger partial charge in [0.25, 0.3) is 0 Å². The molecule has 0 bridgehead atoms. The maximum atomic E-state index is 11.0. The molecule has 94 valence electrons. The summed E-state index contributed by atoms with van der Waals surface area (Å²) in [6.45, 7) is 7.47. The average Bonchev–Trinajstić information content (AvgIpc) is 2.20. The SMILES string of the molecule is CCCNC1(CC(=O)O)CC(C)CCC1C. The van der Waals surface area contributed by atoms with Crippen LogP contribution < -0.4 is 5.32 Å². The van der Waals surface area contributed by atoms with Crippen LogP contribution in [0.3, 0.4) is 0 Å². The van der Waals surface area contributed by atoms with E-state index in [-0.39, 0.29) is 12.0 Å². The topological polar surface area (TPSA) is 49.3 Å². The Morgan fingerprint density at radius 1 is 1.44 bits per heavy atom. The molecule has 1 aliphatic carbocycles. The Hall–Kier alpha value is -0.570. The summed E-state index contributed by atoms with van der Waals surface area (Å²) in [6.07, 6.45) is 4.70. The zero-order valence-electron chi connectivity index (χ0n) is 10.8. The molecule has 3 unspecified atom stereocenters. The van der Waals surface area contributed by atoms with Crippen molar-refractivity contribution in [3.63, 3.8) is 0 Å². The van der Waals surface area contributed by atoms with Crippen molar-refractivity contribution < 1.29 is 9.90 Å². The molecule has 0 aromatic rings. The van der Waals surface area contributed by atoms with Gasteiger partial charge in [0, 0.05) is 5.54 Å². The molecule has 3 heteroatoms. The van der Waals surface area contributed by atoms with Crippen LogP contribution in [0.4, 0.5) is 0 Å². The van der Waals surface area contributed by atoms with Gasteiger partial charge in [0.15, 0.2) is 0 Å². The summed E-state index contributed by atoms with van der Waals surface area (Å²) in [7, 11) is 0. The summed E-state index contributed by atoms with van der Waals surface area (Å²) in [6, 6.07) is 0. The van der Waals surface area contributed by atoms with E-state index in [1.165, 1.54) is 6.42 Å². The van der Waals surface area contributed by atoms with Crippen LogP contribution in [-0.4, -0.2) is 23.2 Å². The molecule has 3 nitrogen and oxygen atoms in total. The minimum atomic E-state index is -0.676. The van der Waals surface area contributed by atoms with Gasteiger partial charge in [-0.2, -0.15) is 0 Å². The van der Waals surface area contributed by atoms with Crippen LogP contribution in [0.25, 0.3) is 0 Å². The van der Waals surface area contributed by atoms with E-state index in [9.17, 15) is 4.79 Å². The molecule has 0 spiro atoms. The maximum absolute atomic E-state index is 11.0. The van der Waals surface area contributed by atoms with Crippen molar-refractivity contribution in [2.24, 2.45) is 11.8 Å². The Bertz CT molecular complexity index is 242. The number of carbonyl (C=O) groups is 1. The smallest absolute Gasteiger partial charge is 0.305 e. The number of hydrogen-bond acceptors (Lipinski definition) is 2. The van der Waals surface area contributed by atoms with Crippen LogP contribution in [0, 0.1) is 11.8 Å². The molecule has 2 N–H and O–H groups in total. The van der Waals surface area contributed by atoms with Gasteiger partial charge in [-0.25, -0.2) is 0 Å². The quantitative estimate of drug-likeness (QED) is 0.759. The number of hydrogen-bond donors (Lipinski definition) is 2. The van der Waals surface area contributed by atoms with Gasteiger partial charge >= 0.3 is 5.97 Å². The van der Waals surface area contributed by atoms with Crippen molar-refractivity contribution in [2.45, 2.75) is 58.4 Å². The molecule has 1 rings (SSSR count). The highest BCUT2D eigenvalue weighted by molar-refractivity contribution is 5.68. The third-order valence-corrected chi connectivity index (χ3v) is 3.94. The lowest BCUT2D eigenvalue weighted by molar-refractivity contribution is -0.140. The molecule has 1 saturated carbocycles. The Morgan fingerprint density at radius 2 is 2.12 bits per heavy atom. The summed E-state index contributed by atoms with van der Waals surface area (Å²) in [5, 5.41) is 12.6. The minimum absolute atomic E-state index is 0.167. The summed E-state index contributed by atoms with van der Waals surface area (Å²) in [4.78, 5) is 11.0. The van der Waals surface area contributed by atoms with Gasteiger partial charge in [-0.1, -0.05) is 27.2 Å². The fraction of sp³-hybridized carbons (Fsp3) is 0.923. The predicted molar refractivity (Wildman–Crippen MR) is 65.5 cm³/mol. The first-order valence-corrected chi connectivity index (χ1v) is 6.47. The van der Waals surface area contributed by atoms with Gasteiger partial charge < -0.3 is 10.4 Å². The van der Waals surface area contributed by atoms with E-state index >= 15 is 0 Å². The van der Waals surface area contributed by atoms with E-state index in [0.717, 1.165) is 25.8 Å². The normalized spacial score (nSPS) is 34.9. The number of nitrogens with one attached hydrogen (secondary N) is 1. The van der Waals surface area contributed by atoms with Crippen LogP contribution in [0.5, 0.6) is 0 Å². The summed E-state index contributed by atoms with van der Waals surface area (Å²) >= 11 is 0. The van der Waals surface area contributed by atoms with Crippen LogP contribution >= 0.6 is 0 Å². The molecule has 0 aromatic carbocycles. The molecule has 0 radical (unpaired) electrons. The molecule has 16 heavy (non-hydrogen) atoms. The van der Waals surface area contributed by atoms with Crippen molar-refractivity contribution in [2.75, 3.05) is 6.54 Å². The number of aliphatic carboxylic acids is 1. The molecular weight excluding hydrogens is 202 g/mol. The second kappa shape index (κ2) is 5.67. The van der Waals surface area contributed by atoms with Crippen molar-refractivity contribution in [1.82, 2.24) is 5.32 Å².